The minimum absolute atomic E-state index is 0.175. The number of thiophene rings is 1. The molecule has 0 bridgehead atoms. The van der Waals surface area contributed by atoms with Crippen LogP contribution in [-0.2, 0) is 11.2 Å². The van der Waals surface area contributed by atoms with Gasteiger partial charge in [0.15, 0.2) is 0 Å². The Bertz CT molecular complexity index is 338. The lowest BCUT2D eigenvalue weighted by molar-refractivity contribution is -0.00976. The van der Waals surface area contributed by atoms with Gasteiger partial charge in [-0.05, 0) is 45.4 Å². The van der Waals surface area contributed by atoms with Gasteiger partial charge in [0.1, 0.15) is 0 Å². The van der Waals surface area contributed by atoms with Gasteiger partial charge in [-0.15, -0.1) is 11.3 Å². The summed E-state index contributed by atoms with van der Waals surface area (Å²) in [6.07, 6.45) is 2.08. The zero-order chi connectivity index (χ0) is 12.9. The summed E-state index contributed by atoms with van der Waals surface area (Å²) in [5, 5.41) is 3.56. The van der Waals surface area contributed by atoms with Crippen LogP contribution in [0.1, 0.15) is 32.1 Å². The van der Waals surface area contributed by atoms with Crippen LogP contribution < -0.4 is 5.32 Å². The van der Waals surface area contributed by atoms with Crippen molar-refractivity contribution in [3.63, 3.8) is 0 Å². The molecule has 0 radical (unpaired) electrons. The summed E-state index contributed by atoms with van der Waals surface area (Å²) in [4.78, 5) is 1.30. The van der Waals surface area contributed by atoms with Gasteiger partial charge >= 0.3 is 0 Å². The van der Waals surface area contributed by atoms with Crippen molar-refractivity contribution in [3.8, 4) is 0 Å². The number of ether oxygens (including phenoxy) is 1. The summed E-state index contributed by atoms with van der Waals surface area (Å²) in [5.74, 6) is 0. The first-order valence-electron chi connectivity index (χ1n) is 6.02. The minimum Gasteiger partial charge on any atom is -0.377 e. The molecule has 0 aliphatic carbocycles. The number of methoxy groups -OCH3 is 1. The van der Waals surface area contributed by atoms with E-state index < -0.39 is 0 Å². The van der Waals surface area contributed by atoms with Gasteiger partial charge in [0, 0.05) is 18.0 Å². The molecule has 4 heteroatoms. The van der Waals surface area contributed by atoms with Gasteiger partial charge in [-0.25, -0.2) is 0 Å². The second kappa shape index (κ2) is 6.74. The maximum absolute atomic E-state index is 5.96. The fourth-order valence-corrected chi connectivity index (χ4v) is 2.82. The first kappa shape index (κ1) is 15.0. The van der Waals surface area contributed by atoms with E-state index in [1.54, 1.807) is 18.4 Å². The molecule has 2 nitrogen and oxygen atoms in total. The van der Waals surface area contributed by atoms with Crippen molar-refractivity contribution in [3.05, 3.63) is 21.3 Å². The highest BCUT2D eigenvalue weighted by atomic mass is 35.5. The topological polar surface area (TPSA) is 21.3 Å². The monoisotopic (exact) mass is 275 g/mol. The molecule has 0 aliphatic rings. The Kier molecular flexibility index (Phi) is 5.93. The van der Waals surface area contributed by atoms with Gasteiger partial charge < -0.3 is 10.1 Å². The van der Waals surface area contributed by atoms with E-state index in [-0.39, 0.29) is 5.60 Å². The number of halogens is 1. The predicted octanol–water partition coefficient (Wildman–Crippen LogP) is 3.74. The smallest absolute Gasteiger partial charge is 0.0931 e. The van der Waals surface area contributed by atoms with Gasteiger partial charge in [0.2, 0.25) is 0 Å². The van der Waals surface area contributed by atoms with E-state index in [1.807, 2.05) is 6.07 Å². The first-order chi connectivity index (χ1) is 7.99. The maximum Gasteiger partial charge on any atom is 0.0931 e. The molecule has 0 saturated heterocycles. The van der Waals surface area contributed by atoms with E-state index >= 15 is 0 Å². The summed E-state index contributed by atoms with van der Waals surface area (Å²) in [5.41, 5.74) is -0.175. The minimum atomic E-state index is -0.175. The van der Waals surface area contributed by atoms with Crippen LogP contribution in [0.15, 0.2) is 12.1 Å². The molecule has 0 spiro atoms. The summed E-state index contributed by atoms with van der Waals surface area (Å²) < 4.78 is 6.44. The molecule has 0 aromatic carbocycles. The van der Waals surface area contributed by atoms with Gasteiger partial charge in [-0.1, -0.05) is 18.5 Å². The van der Waals surface area contributed by atoms with Gasteiger partial charge in [-0.2, -0.15) is 0 Å². The molecule has 1 unspecified atom stereocenters. The summed E-state index contributed by atoms with van der Waals surface area (Å²) in [6, 6.07) is 4.36. The molecule has 1 atom stereocenters. The zero-order valence-electron chi connectivity index (χ0n) is 11.0. The number of hydrogen-bond donors (Lipinski definition) is 1. The van der Waals surface area contributed by atoms with Crippen LogP contribution in [0.25, 0.3) is 0 Å². The summed E-state index contributed by atoms with van der Waals surface area (Å²) in [6.45, 7) is 7.42. The Morgan fingerprint density at radius 3 is 2.65 bits per heavy atom. The van der Waals surface area contributed by atoms with Crippen molar-refractivity contribution in [2.45, 2.75) is 45.3 Å². The second-order valence-corrected chi connectivity index (χ2v) is 6.52. The summed E-state index contributed by atoms with van der Waals surface area (Å²) >= 11 is 7.61. The van der Waals surface area contributed by atoms with Crippen molar-refractivity contribution in [1.82, 2.24) is 5.32 Å². The predicted molar refractivity (Wildman–Crippen MR) is 76.2 cm³/mol. The Morgan fingerprint density at radius 1 is 1.47 bits per heavy atom. The normalized spacial score (nSPS) is 13.9. The molecular formula is C13H22ClNOS. The van der Waals surface area contributed by atoms with E-state index in [9.17, 15) is 0 Å². The lowest BCUT2D eigenvalue weighted by Gasteiger charge is -2.33. The zero-order valence-corrected chi connectivity index (χ0v) is 12.6. The van der Waals surface area contributed by atoms with Crippen molar-refractivity contribution in [1.29, 1.82) is 0 Å². The SMILES string of the molecule is CCCNC(Cc1ccc(Cl)s1)C(C)(C)OC. The fraction of sp³-hybridized carbons (Fsp3) is 0.692. The van der Waals surface area contributed by atoms with Gasteiger partial charge in [-0.3, -0.25) is 0 Å². The third kappa shape index (κ3) is 4.59. The fourth-order valence-electron chi connectivity index (χ4n) is 1.69. The van der Waals surface area contributed by atoms with Crippen LogP contribution in [0.4, 0.5) is 0 Å². The maximum atomic E-state index is 5.96. The number of nitrogens with one attached hydrogen (secondary N) is 1. The van der Waals surface area contributed by atoms with Gasteiger partial charge in [0.25, 0.3) is 0 Å². The molecule has 0 fully saturated rings. The van der Waals surface area contributed by atoms with Gasteiger partial charge in [0.05, 0.1) is 9.94 Å². The van der Waals surface area contributed by atoms with Crippen LogP contribution in [0, 0.1) is 0 Å². The second-order valence-electron chi connectivity index (χ2n) is 4.72. The van der Waals surface area contributed by atoms with Crippen LogP contribution in [0.5, 0.6) is 0 Å². The van der Waals surface area contributed by atoms with Crippen LogP contribution >= 0.6 is 22.9 Å². The third-order valence-corrected chi connectivity index (χ3v) is 4.29. The highest BCUT2D eigenvalue weighted by Gasteiger charge is 2.29. The quantitative estimate of drug-likeness (QED) is 0.819. The summed E-state index contributed by atoms with van der Waals surface area (Å²) in [7, 11) is 1.77. The van der Waals surface area contributed by atoms with Crippen LogP contribution in [-0.4, -0.2) is 25.3 Å². The Balaban J connectivity index is 2.69. The average Bonchev–Trinajstić information content (AvgIpc) is 2.70. The van der Waals surface area contributed by atoms with E-state index in [1.165, 1.54) is 4.88 Å². The number of hydrogen-bond acceptors (Lipinski definition) is 3. The Hall–Kier alpha value is -0.0900. The number of rotatable bonds is 7. The third-order valence-electron chi connectivity index (χ3n) is 3.04. The van der Waals surface area contributed by atoms with E-state index in [0.29, 0.717) is 6.04 Å². The molecule has 0 amide bonds. The van der Waals surface area contributed by atoms with Crippen LogP contribution in [0.2, 0.25) is 4.34 Å². The molecule has 0 aliphatic heterocycles. The molecule has 0 saturated carbocycles. The molecule has 1 N–H and O–H groups in total. The van der Waals surface area contributed by atoms with E-state index in [2.05, 4.69) is 32.2 Å². The van der Waals surface area contributed by atoms with Crippen molar-refractivity contribution in [2.75, 3.05) is 13.7 Å². The molecule has 17 heavy (non-hydrogen) atoms. The van der Waals surface area contributed by atoms with Crippen molar-refractivity contribution < 1.29 is 4.74 Å². The van der Waals surface area contributed by atoms with Crippen molar-refractivity contribution in [2.24, 2.45) is 0 Å². The van der Waals surface area contributed by atoms with Crippen molar-refractivity contribution >= 4 is 22.9 Å². The average molecular weight is 276 g/mol. The van der Waals surface area contributed by atoms with Crippen LogP contribution in [0.3, 0.4) is 0 Å². The lowest BCUT2D eigenvalue weighted by Crippen LogP contribution is -2.49. The van der Waals surface area contributed by atoms with E-state index in [0.717, 1.165) is 23.7 Å². The largest absolute Gasteiger partial charge is 0.377 e. The van der Waals surface area contributed by atoms with E-state index in [4.69, 9.17) is 16.3 Å². The molecule has 98 valence electrons. The Labute approximate surface area is 113 Å². The Morgan fingerprint density at radius 2 is 2.18 bits per heavy atom. The highest BCUT2D eigenvalue weighted by Crippen LogP contribution is 2.25. The highest BCUT2D eigenvalue weighted by molar-refractivity contribution is 7.16. The molecule has 1 rings (SSSR count). The molecular weight excluding hydrogens is 254 g/mol. The standard InChI is InChI=1S/C13H22ClNOS/c1-5-8-15-11(13(2,3)16-4)9-10-6-7-12(14)17-10/h6-7,11,15H,5,8-9H2,1-4H3. The lowest BCUT2D eigenvalue weighted by atomic mass is 9.94. The molecule has 1 aromatic heterocycles. The first-order valence-corrected chi connectivity index (χ1v) is 7.21. The molecule has 1 aromatic rings. The molecule has 1 heterocycles.